The van der Waals surface area contributed by atoms with Gasteiger partial charge in [-0.25, -0.2) is 4.79 Å². The van der Waals surface area contributed by atoms with Gasteiger partial charge in [0.05, 0.1) is 12.2 Å². The monoisotopic (exact) mass is 859 g/mol. The number of aliphatic hydroxyl groups excluding tert-OH is 1. The predicted octanol–water partition coefficient (Wildman–Crippen LogP) is 7.81. The van der Waals surface area contributed by atoms with Crippen molar-refractivity contribution in [2.75, 3.05) is 39.0 Å². The van der Waals surface area contributed by atoms with Gasteiger partial charge in [0.1, 0.15) is 17.9 Å². The Bertz CT molecular complexity index is 1510. The number of nitrogens with one attached hydrogen (secondary N) is 2. The molecule has 0 aromatic carbocycles. The molecule has 5 rings (SSSR count). The molecule has 0 aromatic heterocycles. The highest BCUT2D eigenvalue weighted by atomic mass is 32.2. The molecule has 1 unspecified atom stereocenters. The molecular formula is C44H72F3N3O8S. The maximum atomic E-state index is 15.0. The van der Waals surface area contributed by atoms with Crippen LogP contribution in [0.1, 0.15) is 138 Å². The van der Waals surface area contributed by atoms with Gasteiger partial charge < -0.3 is 34.9 Å². The third-order valence-corrected chi connectivity index (χ3v) is 16.9. The largest absolute Gasteiger partial charge is 0.471 e. The number of alkyl halides is 3. The molecule has 15 heteroatoms. The van der Waals surface area contributed by atoms with Crippen LogP contribution in [-0.2, 0) is 28.6 Å². The number of amides is 3. The van der Waals surface area contributed by atoms with Gasteiger partial charge in [-0.05, 0) is 95.8 Å². The number of likely N-dealkylation sites (tertiary alicyclic amines) is 1. The van der Waals surface area contributed by atoms with E-state index >= 15 is 0 Å². The number of unbranched alkanes of at least 4 members (excludes halogenated alkanes) is 5. The molecule has 5 fully saturated rings. The summed E-state index contributed by atoms with van der Waals surface area (Å²) in [5, 5.41) is 16.4. The van der Waals surface area contributed by atoms with Crippen molar-refractivity contribution < 1.29 is 51.7 Å². The topological polar surface area (TPSA) is 144 Å². The lowest BCUT2D eigenvalue weighted by molar-refractivity contribution is -0.290. The third-order valence-electron chi connectivity index (χ3n) is 15.5. The summed E-state index contributed by atoms with van der Waals surface area (Å²) in [6, 6.07) is 0. The summed E-state index contributed by atoms with van der Waals surface area (Å²) < 4.78 is 56.0. The van der Waals surface area contributed by atoms with Crippen molar-refractivity contribution in [3.63, 3.8) is 0 Å². The van der Waals surface area contributed by atoms with Crippen LogP contribution in [-0.4, -0.2) is 108 Å². The smallest absolute Gasteiger partial charge is 0.444 e. The van der Waals surface area contributed by atoms with Gasteiger partial charge in [0.2, 0.25) is 5.91 Å². The van der Waals surface area contributed by atoms with Crippen LogP contribution in [0.2, 0.25) is 0 Å². The standard InChI is InChI=1S/C44H72F3N3O8S/c1-28-23-30-24-42-19-15-32(56-8)43(30,42)41(28,7)33(25-40(6,36(53)29(42)2)18-13-11-9-10-12-14-20-48-37(54)44(45,46)47)57-35(52)27-59-31-16-21-50(22-17-31)34(51)26-49-38(55)58-39(3,4)5/h28-33,35,52H,9-27H2,1-8H3,(H,48,54)(H,49,55)/t28-,29+,30+,32-,33-,35?,40+,41+,42-,43+/m1/s1. The van der Waals surface area contributed by atoms with Crippen LogP contribution >= 0.6 is 11.8 Å². The first-order valence-electron chi connectivity index (χ1n) is 22.2. The highest BCUT2D eigenvalue weighted by Crippen LogP contribution is 2.86. The minimum atomic E-state index is -4.87. The average Bonchev–Trinajstić information content (AvgIpc) is 3.52. The molecule has 0 aromatic rings. The van der Waals surface area contributed by atoms with Gasteiger partial charge >= 0.3 is 18.2 Å². The molecule has 4 saturated carbocycles. The Balaban J connectivity index is 1.21. The second kappa shape index (κ2) is 18.7. The van der Waals surface area contributed by atoms with Gasteiger partial charge in [-0.15, -0.1) is 0 Å². The number of hydrogen-bond donors (Lipinski definition) is 3. The number of ether oxygens (including phenoxy) is 3. The number of nitrogens with zero attached hydrogens (tertiary/aromatic N) is 1. The highest BCUT2D eigenvalue weighted by Gasteiger charge is 2.85. The second-order valence-corrected chi connectivity index (χ2v) is 21.3. The molecule has 0 bridgehead atoms. The van der Waals surface area contributed by atoms with E-state index in [9.17, 15) is 37.5 Å². The lowest BCUT2D eigenvalue weighted by Crippen LogP contribution is -2.72. The van der Waals surface area contributed by atoms with Crippen molar-refractivity contribution in [2.24, 2.45) is 39.4 Å². The van der Waals surface area contributed by atoms with Gasteiger partial charge in [0.15, 0.2) is 6.29 Å². The summed E-state index contributed by atoms with van der Waals surface area (Å²) in [6.07, 6.45) is 4.38. The zero-order chi connectivity index (χ0) is 43.6. The van der Waals surface area contributed by atoms with Gasteiger partial charge in [-0.2, -0.15) is 24.9 Å². The van der Waals surface area contributed by atoms with Gasteiger partial charge in [-0.1, -0.05) is 59.8 Å². The Morgan fingerprint density at radius 1 is 0.949 bits per heavy atom. The predicted molar refractivity (Wildman–Crippen MR) is 220 cm³/mol. The quantitative estimate of drug-likeness (QED) is 0.0986. The third kappa shape index (κ3) is 9.62. The Morgan fingerprint density at radius 3 is 2.22 bits per heavy atom. The molecule has 4 aliphatic carbocycles. The molecule has 338 valence electrons. The number of aliphatic hydroxyl groups is 1. The number of carbonyl (C=O) groups is 4. The number of ketones is 1. The van der Waals surface area contributed by atoms with E-state index in [2.05, 4.69) is 33.0 Å². The van der Waals surface area contributed by atoms with Gasteiger partial charge in [-0.3, -0.25) is 14.4 Å². The fraction of sp³-hybridized carbons (Fsp3) is 0.909. The van der Waals surface area contributed by atoms with E-state index in [0.29, 0.717) is 56.4 Å². The van der Waals surface area contributed by atoms with Crippen LogP contribution in [0, 0.1) is 39.4 Å². The van der Waals surface area contributed by atoms with E-state index in [-0.39, 0.29) is 64.4 Å². The van der Waals surface area contributed by atoms with Crippen LogP contribution in [0.3, 0.4) is 0 Å². The fourth-order valence-corrected chi connectivity index (χ4v) is 13.8. The summed E-state index contributed by atoms with van der Waals surface area (Å²) in [4.78, 5) is 52.6. The van der Waals surface area contributed by atoms with Crippen LogP contribution in [0.15, 0.2) is 0 Å². The number of methoxy groups -OCH3 is 1. The molecule has 10 atom stereocenters. The maximum Gasteiger partial charge on any atom is 0.471 e. The highest BCUT2D eigenvalue weighted by molar-refractivity contribution is 7.99. The van der Waals surface area contributed by atoms with E-state index in [1.807, 2.05) is 12.4 Å². The van der Waals surface area contributed by atoms with E-state index in [4.69, 9.17) is 14.2 Å². The number of halogens is 3. The van der Waals surface area contributed by atoms with Crippen molar-refractivity contribution in [3.8, 4) is 0 Å². The normalized spacial score (nSPS) is 35.2. The SMILES string of the molecule is CO[C@@H]1CC[C@@]23C[C@@H]4C[C@@H](C)[C@@](C)([C@H](OC(O)CSC5CCN(C(=O)CNC(=O)OC(C)(C)C)CC5)C[C@](C)(CCCCCCCCNC(=O)C(F)(F)F)C(=O)[C@@H]2C)[C@]413. The summed E-state index contributed by atoms with van der Waals surface area (Å²) in [5.74, 6) is -0.800. The second-order valence-electron chi connectivity index (χ2n) is 19.9. The van der Waals surface area contributed by atoms with Gasteiger partial charge in [0.25, 0.3) is 0 Å². The molecule has 1 saturated heterocycles. The molecule has 59 heavy (non-hydrogen) atoms. The molecule has 0 radical (unpaired) electrons. The van der Waals surface area contributed by atoms with E-state index < -0.39 is 35.5 Å². The number of Topliss-reactive ketones (excluding diaryl/α,β-unsaturated/α-hetero) is 1. The Labute approximate surface area is 354 Å². The Morgan fingerprint density at radius 2 is 1.59 bits per heavy atom. The molecule has 5 aliphatic rings. The van der Waals surface area contributed by atoms with Gasteiger partial charge in [0, 0.05) is 59.9 Å². The van der Waals surface area contributed by atoms with Crippen LogP contribution < -0.4 is 10.6 Å². The average molecular weight is 860 g/mol. The molecule has 11 nitrogen and oxygen atoms in total. The summed E-state index contributed by atoms with van der Waals surface area (Å²) in [6.45, 7) is 15.3. The Kier molecular flexibility index (Phi) is 15.2. The number of carbonyl (C=O) groups excluding carboxylic acids is 4. The molecule has 3 amide bonds. The zero-order valence-electron chi connectivity index (χ0n) is 36.8. The summed E-state index contributed by atoms with van der Waals surface area (Å²) in [5.41, 5.74) is -2.06. The zero-order valence-corrected chi connectivity index (χ0v) is 37.6. The number of rotatable bonds is 17. The van der Waals surface area contributed by atoms with Crippen LogP contribution in [0.4, 0.5) is 18.0 Å². The lowest BCUT2D eigenvalue weighted by Gasteiger charge is -2.71. The van der Waals surface area contributed by atoms with Crippen molar-refractivity contribution >= 4 is 35.5 Å². The lowest BCUT2D eigenvalue weighted by atomic mass is 9.33. The molecule has 1 heterocycles. The fourth-order valence-electron chi connectivity index (χ4n) is 12.7. The van der Waals surface area contributed by atoms with Crippen LogP contribution in [0.5, 0.6) is 0 Å². The molecule has 3 N–H and O–H groups in total. The number of thioether (sulfide) groups is 1. The molecular weight excluding hydrogens is 788 g/mol. The number of alkyl carbamates (subject to hydrolysis) is 1. The summed E-state index contributed by atoms with van der Waals surface area (Å²) >= 11 is 1.66. The molecule has 1 spiro atoms. The van der Waals surface area contributed by atoms with Crippen molar-refractivity contribution in [2.45, 2.75) is 174 Å². The Hall–Kier alpha value is -2.10. The van der Waals surface area contributed by atoms with Crippen molar-refractivity contribution in [3.05, 3.63) is 0 Å². The van der Waals surface area contributed by atoms with E-state index in [1.165, 1.54) is 0 Å². The first-order valence-corrected chi connectivity index (χ1v) is 23.2. The number of hydrogen-bond acceptors (Lipinski definition) is 9. The minimum absolute atomic E-state index is 0.00330. The maximum absolute atomic E-state index is 15.0. The first-order chi connectivity index (χ1) is 27.6. The number of piperidine rings is 1. The van der Waals surface area contributed by atoms with Crippen molar-refractivity contribution in [1.29, 1.82) is 0 Å². The minimum Gasteiger partial charge on any atom is -0.444 e. The van der Waals surface area contributed by atoms with E-state index in [1.54, 1.807) is 37.4 Å². The summed E-state index contributed by atoms with van der Waals surface area (Å²) in [7, 11) is 1.81. The molecule has 1 aliphatic heterocycles. The first kappa shape index (κ1) is 47.9. The van der Waals surface area contributed by atoms with E-state index in [0.717, 1.165) is 64.2 Å². The van der Waals surface area contributed by atoms with Crippen molar-refractivity contribution in [1.82, 2.24) is 15.5 Å². The van der Waals surface area contributed by atoms with Crippen LogP contribution in [0.25, 0.3) is 0 Å².